The van der Waals surface area contributed by atoms with E-state index in [1.165, 1.54) is 13.2 Å². The molecule has 256 valence electrons. The van der Waals surface area contributed by atoms with Crippen molar-refractivity contribution in [3.05, 3.63) is 125 Å². The van der Waals surface area contributed by atoms with Gasteiger partial charge in [-0.3, -0.25) is 4.79 Å². The van der Waals surface area contributed by atoms with Crippen LogP contribution in [0.15, 0.2) is 97.1 Å². The van der Waals surface area contributed by atoms with E-state index in [0.29, 0.717) is 30.8 Å². The first-order valence-corrected chi connectivity index (χ1v) is 32.8. The normalized spacial score (nSPS) is 11.5. The van der Waals surface area contributed by atoms with Gasteiger partial charge in [0.15, 0.2) is 5.78 Å². The van der Waals surface area contributed by atoms with Gasteiger partial charge in [-0.05, 0) is 58.5 Å². The number of phenols is 1. The number of halogens is 5. The van der Waals surface area contributed by atoms with Gasteiger partial charge in [-0.1, -0.05) is 75.5 Å². The third kappa shape index (κ3) is 10.5. The van der Waals surface area contributed by atoms with Crippen LogP contribution in [0.1, 0.15) is 52.3 Å². The van der Waals surface area contributed by atoms with Crippen molar-refractivity contribution in [1.82, 2.24) is 0 Å². The predicted molar refractivity (Wildman–Crippen MR) is 227 cm³/mol. The number of rotatable bonds is 4. The van der Waals surface area contributed by atoms with Crippen molar-refractivity contribution in [2.75, 3.05) is 20.3 Å². The average Bonchev–Trinajstić information content (AvgIpc) is 3.78. The van der Waals surface area contributed by atoms with E-state index in [9.17, 15) is 14.7 Å². The maximum Gasteiger partial charge on any atom is 0.193 e. The van der Waals surface area contributed by atoms with Crippen LogP contribution in [-0.4, -0.2) is 37.2 Å². The molecule has 0 aliphatic carbocycles. The Balaban J connectivity index is 0.000000295. The Kier molecular flexibility index (Phi) is 19.3. The Bertz CT molecular complexity index is 1800. The van der Waals surface area contributed by atoms with Crippen molar-refractivity contribution < 1.29 is 42.2 Å². The molecule has 0 aromatic heterocycles. The van der Waals surface area contributed by atoms with Crippen molar-refractivity contribution in [1.29, 1.82) is 0 Å². The van der Waals surface area contributed by atoms with Gasteiger partial charge >= 0.3 is 56.5 Å². The Morgan fingerprint density at radius 3 is 1.90 bits per heavy atom. The largest absolute Gasteiger partial charge is 0.493 e. The minimum atomic E-state index is -0.470. The molecule has 7 rings (SSSR count). The number of fused-ring (bicyclic) bond motifs is 3. The van der Waals surface area contributed by atoms with E-state index in [-0.39, 0.29) is 26.4 Å². The Labute approximate surface area is 336 Å². The van der Waals surface area contributed by atoms with Crippen LogP contribution >= 0.6 is 74.5 Å². The summed E-state index contributed by atoms with van der Waals surface area (Å²) in [5.74, 6) is 1.35. The minimum absolute atomic E-state index is 0. The van der Waals surface area contributed by atoms with Gasteiger partial charge in [0.1, 0.15) is 17.2 Å². The standard InChI is InChI=1S/C20H16O4.C15H12O2.2CH4.I3.I2/c1-23-20(22)16-10-17(21)14-11-18-13(7-8-24-18)9-15(14)19(16)12-5-3-2-4-6-12;16-15(11-4-2-1-3-5-11)13-6-7-14-12(10-13)8-9-17-14;;;1-3-2;1-2/h2-6,9-11,21H,7-8H2,1H3;1-7,10H,8-9H2;2*1H4;;/q;;;;-1;. The van der Waals surface area contributed by atoms with Gasteiger partial charge in [-0.15, -0.1) is 0 Å². The molecule has 2 heterocycles. The van der Waals surface area contributed by atoms with E-state index >= 15 is 0 Å². The molecule has 0 spiro atoms. The molecule has 0 amide bonds. The summed E-state index contributed by atoms with van der Waals surface area (Å²) in [6.45, 7) is 1.36. The number of ketones is 1. The van der Waals surface area contributed by atoms with Crippen molar-refractivity contribution in [3.63, 3.8) is 0 Å². The third-order valence-electron chi connectivity index (χ3n) is 7.38. The second kappa shape index (κ2) is 21.7. The monoisotopic (exact) mass is 1210 g/mol. The summed E-state index contributed by atoms with van der Waals surface area (Å²) in [5, 5.41) is 11.9. The predicted octanol–water partition coefficient (Wildman–Crippen LogP) is 8.61. The van der Waals surface area contributed by atoms with Crippen LogP contribution in [0.25, 0.3) is 21.9 Å². The van der Waals surface area contributed by atoms with Crippen LogP contribution in [0.4, 0.5) is 0 Å². The van der Waals surface area contributed by atoms with Crippen LogP contribution in [-0.2, 0) is 17.6 Å². The molecule has 0 saturated heterocycles. The number of methoxy groups -OCH3 is 1. The van der Waals surface area contributed by atoms with Crippen molar-refractivity contribution in [2.24, 2.45) is 0 Å². The molecule has 5 aromatic carbocycles. The molecule has 2 aliphatic heterocycles. The van der Waals surface area contributed by atoms with Gasteiger partial charge in [0.05, 0.1) is 25.9 Å². The van der Waals surface area contributed by atoms with E-state index in [2.05, 4.69) is 74.5 Å². The number of hydrogen-bond acceptors (Lipinski definition) is 6. The van der Waals surface area contributed by atoms with E-state index in [0.717, 1.165) is 69.7 Å². The fraction of sp³-hybridized carbons (Fsp3) is 0.189. The zero-order chi connectivity index (χ0) is 33.1. The van der Waals surface area contributed by atoms with Gasteiger partial charge in [-0.2, -0.15) is 0 Å². The van der Waals surface area contributed by atoms with Gasteiger partial charge in [0.25, 0.3) is 0 Å². The van der Waals surface area contributed by atoms with Crippen LogP contribution in [0.2, 0.25) is 0 Å². The van der Waals surface area contributed by atoms with E-state index in [4.69, 9.17) is 14.2 Å². The first kappa shape index (κ1) is 42.7. The Morgan fingerprint density at radius 2 is 1.29 bits per heavy atom. The molecular weight excluding hydrogens is 1170 g/mol. The molecule has 11 heteroatoms. The Morgan fingerprint density at radius 1 is 0.729 bits per heavy atom. The SMILES string of the molecule is C.C.COC(=O)c1cc(O)c2cc3c(cc2c1-c1ccccc1)CCO3.II.I[I-]I.O=C(c1ccccc1)c1ccc2c(c1)CCO2. The topological polar surface area (TPSA) is 82.1 Å². The van der Waals surface area contributed by atoms with E-state index in [1.807, 2.05) is 91.0 Å². The number of benzene rings is 5. The van der Waals surface area contributed by atoms with Crippen LogP contribution in [0.5, 0.6) is 17.2 Å². The molecule has 0 bridgehead atoms. The first-order valence-electron chi connectivity index (χ1n) is 13.9. The number of esters is 1. The zero-order valence-electron chi connectivity index (χ0n) is 24.4. The van der Waals surface area contributed by atoms with Gasteiger partial charge < -0.3 is 19.3 Å². The van der Waals surface area contributed by atoms with E-state index < -0.39 is 5.97 Å². The molecule has 1 N–H and O–H groups in total. The number of carbonyl (C=O) groups is 2. The van der Waals surface area contributed by atoms with Crippen molar-refractivity contribution in [2.45, 2.75) is 27.7 Å². The maximum absolute atomic E-state index is 12.3. The Hall–Kier alpha value is -1.45. The number of ether oxygens (including phenoxy) is 3. The van der Waals surface area contributed by atoms with Crippen molar-refractivity contribution in [3.8, 4) is 28.4 Å². The molecule has 0 saturated carbocycles. The average molecular weight is 1210 g/mol. The van der Waals surface area contributed by atoms with Crippen LogP contribution in [0.3, 0.4) is 0 Å². The molecule has 6 nitrogen and oxygen atoms in total. The first-order chi connectivity index (χ1) is 22.4. The number of aromatic hydroxyl groups is 1. The van der Waals surface area contributed by atoms with Crippen molar-refractivity contribution >= 4 is 97.0 Å². The third-order valence-corrected chi connectivity index (χ3v) is 7.38. The molecular formula is C37H36I5O6-. The number of hydrogen-bond donors (Lipinski definition) is 1. The second-order valence-corrected chi connectivity index (χ2v) is 26.2. The summed E-state index contributed by atoms with van der Waals surface area (Å²) in [4.78, 5) is 24.5. The molecule has 2 aliphatic rings. The summed E-state index contributed by atoms with van der Waals surface area (Å²) < 4.78 is 16.0. The number of carbonyl (C=O) groups excluding carboxylic acids is 2. The fourth-order valence-corrected chi connectivity index (χ4v) is 5.35. The summed E-state index contributed by atoms with van der Waals surface area (Å²) in [7, 11) is 1.34. The van der Waals surface area contributed by atoms with Gasteiger partial charge in [0, 0.05) is 72.1 Å². The molecule has 0 radical (unpaired) electrons. The number of phenolic OH excluding ortho intramolecular Hbond substituents is 1. The summed E-state index contributed by atoms with van der Waals surface area (Å²) in [5.41, 5.74) is 5.71. The maximum atomic E-state index is 12.3. The molecule has 0 unspecified atom stereocenters. The smallest absolute Gasteiger partial charge is 0.193 e. The van der Waals surface area contributed by atoms with Gasteiger partial charge in [-0.25, -0.2) is 4.79 Å². The van der Waals surface area contributed by atoms with E-state index in [1.54, 1.807) is 0 Å². The molecule has 48 heavy (non-hydrogen) atoms. The minimum Gasteiger partial charge on any atom is -0.493 e. The second-order valence-electron chi connectivity index (χ2n) is 9.95. The quantitative estimate of drug-likeness (QED) is 0.110. The van der Waals surface area contributed by atoms with Crippen LogP contribution in [0, 0.1) is 0 Å². The van der Waals surface area contributed by atoms with Crippen LogP contribution < -0.4 is 22.7 Å². The summed E-state index contributed by atoms with van der Waals surface area (Å²) in [6, 6.07) is 30.0. The molecule has 0 fully saturated rings. The summed E-state index contributed by atoms with van der Waals surface area (Å²) >= 11 is 9.54. The van der Waals surface area contributed by atoms with Gasteiger partial charge in [0.2, 0.25) is 0 Å². The molecule has 5 aromatic rings. The zero-order valence-corrected chi connectivity index (χ0v) is 35.2. The molecule has 0 atom stereocenters. The fourth-order valence-electron chi connectivity index (χ4n) is 5.35. The summed E-state index contributed by atoms with van der Waals surface area (Å²) in [6.07, 6.45) is 1.72.